The Bertz CT molecular complexity index is 455. The van der Waals surface area contributed by atoms with Gasteiger partial charge < -0.3 is 15.1 Å². The third-order valence-electron chi connectivity index (χ3n) is 3.88. The number of anilines is 1. The lowest BCUT2D eigenvalue weighted by Gasteiger charge is -2.38. The lowest BCUT2D eigenvalue weighted by atomic mass is 10.0. The minimum Gasteiger partial charge on any atom is -0.345 e. The van der Waals surface area contributed by atoms with Gasteiger partial charge in [0, 0.05) is 50.3 Å². The van der Waals surface area contributed by atoms with Crippen LogP contribution in [-0.4, -0.2) is 55.1 Å². The zero-order chi connectivity index (χ0) is 13.2. The fourth-order valence-electron chi connectivity index (χ4n) is 2.45. The highest BCUT2D eigenvalue weighted by atomic mass is 35.5. The predicted octanol–water partition coefficient (Wildman–Crippen LogP) is 0.995. The summed E-state index contributed by atoms with van der Waals surface area (Å²) in [6.07, 6.45) is 3.02. The Morgan fingerprint density at radius 3 is 2.60 bits per heavy atom. The topological polar surface area (TPSA) is 48.5 Å². The van der Waals surface area contributed by atoms with Gasteiger partial charge in [-0.25, -0.2) is 4.98 Å². The maximum Gasteiger partial charge on any atom is 0.228 e. The van der Waals surface area contributed by atoms with E-state index in [9.17, 15) is 4.79 Å². The molecule has 0 atom stereocenters. The highest BCUT2D eigenvalue weighted by Crippen LogP contribution is 2.24. The normalized spacial score (nSPS) is 19.4. The van der Waals surface area contributed by atoms with E-state index in [1.54, 1.807) is 11.3 Å². The van der Waals surface area contributed by atoms with Crippen LogP contribution < -0.4 is 10.2 Å². The summed E-state index contributed by atoms with van der Waals surface area (Å²) in [5.41, 5.74) is 0. The fraction of sp³-hybridized carbons (Fsp3) is 0.692. The second-order valence-electron chi connectivity index (χ2n) is 5.13. The molecule has 2 aliphatic heterocycles. The van der Waals surface area contributed by atoms with Crippen molar-refractivity contribution in [2.45, 2.75) is 13.3 Å². The van der Waals surface area contributed by atoms with Crippen molar-refractivity contribution >= 4 is 34.8 Å². The molecular weight excluding hydrogens is 296 g/mol. The van der Waals surface area contributed by atoms with Crippen molar-refractivity contribution in [2.24, 2.45) is 5.92 Å². The standard InChI is InChI=1S/C13H20N4OS.ClH/c1-2-11-9-15-13(19-11)17-5-3-16(4-6-17)12(18)10-7-14-8-10;/h9-10,14H,2-8H2,1H3;1H. The van der Waals surface area contributed by atoms with E-state index in [4.69, 9.17) is 0 Å². The fourth-order valence-corrected chi connectivity index (χ4v) is 3.35. The molecule has 0 aliphatic carbocycles. The molecular formula is C13H21ClN4OS. The summed E-state index contributed by atoms with van der Waals surface area (Å²) >= 11 is 1.77. The van der Waals surface area contributed by atoms with Gasteiger partial charge in [0.25, 0.3) is 0 Å². The first kappa shape index (κ1) is 15.5. The molecule has 0 saturated carbocycles. The number of halogens is 1. The van der Waals surface area contributed by atoms with Gasteiger partial charge in [0.1, 0.15) is 0 Å². The minimum absolute atomic E-state index is 0. The van der Waals surface area contributed by atoms with Crippen LogP contribution in [0, 0.1) is 5.92 Å². The first-order valence-corrected chi connectivity index (χ1v) is 7.78. The van der Waals surface area contributed by atoms with Gasteiger partial charge >= 0.3 is 0 Å². The molecule has 112 valence electrons. The van der Waals surface area contributed by atoms with Crippen LogP contribution >= 0.6 is 23.7 Å². The smallest absolute Gasteiger partial charge is 0.228 e. The summed E-state index contributed by atoms with van der Waals surface area (Å²) in [5, 5.41) is 4.26. The molecule has 0 unspecified atom stereocenters. The summed E-state index contributed by atoms with van der Waals surface area (Å²) in [4.78, 5) is 22.2. The minimum atomic E-state index is 0. The van der Waals surface area contributed by atoms with Gasteiger partial charge in [-0.2, -0.15) is 0 Å². The molecule has 1 aromatic rings. The molecule has 3 rings (SSSR count). The Morgan fingerprint density at radius 1 is 1.40 bits per heavy atom. The third kappa shape index (κ3) is 3.07. The molecule has 1 aromatic heterocycles. The number of rotatable bonds is 3. The van der Waals surface area contributed by atoms with E-state index in [2.05, 4.69) is 22.1 Å². The Hall–Kier alpha value is -0.850. The maximum absolute atomic E-state index is 12.1. The second-order valence-corrected chi connectivity index (χ2v) is 6.22. The van der Waals surface area contributed by atoms with Crippen molar-refractivity contribution in [3.05, 3.63) is 11.1 Å². The second kappa shape index (κ2) is 6.74. The van der Waals surface area contributed by atoms with E-state index in [1.165, 1.54) is 4.88 Å². The molecule has 1 N–H and O–H groups in total. The van der Waals surface area contributed by atoms with Gasteiger partial charge in [-0.1, -0.05) is 6.92 Å². The van der Waals surface area contributed by atoms with E-state index < -0.39 is 0 Å². The molecule has 0 bridgehead atoms. The maximum atomic E-state index is 12.1. The van der Waals surface area contributed by atoms with Crippen molar-refractivity contribution in [3.8, 4) is 0 Å². The van der Waals surface area contributed by atoms with Crippen LogP contribution in [0.15, 0.2) is 6.20 Å². The molecule has 3 heterocycles. The zero-order valence-electron chi connectivity index (χ0n) is 11.7. The van der Waals surface area contributed by atoms with Crippen LogP contribution in [0.4, 0.5) is 5.13 Å². The number of amides is 1. The highest BCUT2D eigenvalue weighted by molar-refractivity contribution is 7.15. The molecule has 5 nitrogen and oxygen atoms in total. The van der Waals surface area contributed by atoms with Crippen molar-refractivity contribution in [1.82, 2.24) is 15.2 Å². The van der Waals surface area contributed by atoms with Gasteiger partial charge in [-0.3, -0.25) is 4.79 Å². The lowest BCUT2D eigenvalue weighted by Crippen LogP contribution is -2.56. The van der Waals surface area contributed by atoms with Crippen LogP contribution in [0.5, 0.6) is 0 Å². The Kier molecular flexibility index (Phi) is 5.23. The summed E-state index contributed by atoms with van der Waals surface area (Å²) in [7, 11) is 0. The van der Waals surface area contributed by atoms with Crippen LogP contribution in [0.25, 0.3) is 0 Å². The number of aryl methyl sites for hydroxylation is 1. The van der Waals surface area contributed by atoms with Gasteiger partial charge in [0.15, 0.2) is 5.13 Å². The molecule has 2 aliphatic rings. The summed E-state index contributed by atoms with van der Waals surface area (Å²) < 4.78 is 0. The van der Waals surface area contributed by atoms with Crippen molar-refractivity contribution in [3.63, 3.8) is 0 Å². The van der Waals surface area contributed by atoms with Crippen LogP contribution in [0.2, 0.25) is 0 Å². The number of carbonyl (C=O) groups excluding carboxylic acids is 1. The molecule has 0 radical (unpaired) electrons. The SMILES string of the molecule is CCc1cnc(N2CCN(C(=O)C3CNC3)CC2)s1.Cl. The Morgan fingerprint density at radius 2 is 2.10 bits per heavy atom. The van der Waals surface area contributed by atoms with E-state index in [0.29, 0.717) is 5.91 Å². The summed E-state index contributed by atoms with van der Waals surface area (Å²) in [6.45, 7) is 7.33. The monoisotopic (exact) mass is 316 g/mol. The van der Waals surface area contributed by atoms with Gasteiger partial charge in [-0.05, 0) is 6.42 Å². The van der Waals surface area contributed by atoms with Crippen LogP contribution in [0.3, 0.4) is 0 Å². The average molecular weight is 317 g/mol. The third-order valence-corrected chi connectivity index (χ3v) is 5.08. The number of carbonyl (C=O) groups is 1. The van der Waals surface area contributed by atoms with E-state index >= 15 is 0 Å². The van der Waals surface area contributed by atoms with Crippen LogP contribution in [-0.2, 0) is 11.2 Å². The molecule has 20 heavy (non-hydrogen) atoms. The molecule has 1 amide bonds. The summed E-state index contributed by atoms with van der Waals surface area (Å²) in [5.74, 6) is 0.546. The molecule has 0 spiro atoms. The number of hydrogen-bond donors (Lipinski definition) is 1. The van der Waals surface area contributed by atoms with E-state index in [1.807, 2.05) is 11.1 Å². The number of hydrogen-bond acceptors (Lipinski definition) is 5. The first-order valence-electron chi connectivity index (χ1n) is 6.97. The average Bonchev–Trinajstić information content (AvgIpc) is 2.85. The van der Waals surface area contributed by atoms with Crippen LogP contribution in [0.1, 0.15) is 11.8 Å². The summed E-state index contributed by atoms with van der Waals surface area (Å²) in [6, 6.07) is 0. The lowest BCUT2D eigenvalue weighted by molar-refractivity contribution is -0.137. The molecule has 0 aromatic carbocycles. The Labute approximate surface area is 129 Å². The first-order chi connectivity index (χ1) is 9.28. The largest absolute Gasteiger partial charge is 0.345 e. The van der Waals surface area contributed by atoms with Crippen molar-refractivity contribution in [2.75, 3.05) is 44.2 Å². The Balaban J connectivity index is 0.00000147. The van der Waals surface area contributed by atoms with Gasteiger partial charge in [0.05, 0.1) is 5.92 Å². The number of piperazine rings is 1. The quantitative estimate of drug-likeness (QED) is 0.903. The molecule has 2 saturated heterocycles. The number of thiazole rings is 1. The number of nitrogens with zero attached hydrogens (tertiary/aromatic N) is 3. The van der Waals surface area contributed by atoms with E-state index in [0.717, 1.165) is 50.8 Å². The zero-order valence-corrected chi connectivity index (χ0v) is 13.3. The van der Waals surface area contributed by atoms with E-state index in [-0.39, 0.29) is 18.3 Å². The molecule has 2 fully saturated rings. The molecule has 7 heteroatoms. The number of nitrogens with one attached hydrogen (secondary N) is 1. The highest BCUT2D eigenvalue weighted by Gasteiger charge is 2.31. The van der Waals surface area contributed by atoms with Gasteiger partial charge in [-0.15, -0.1) is 23.7 Å². The van der Waals surface area contributed by atoms with Crippen molar-refractivity contribution in [1.29, 1.82) is 0 Å². The predicted molar refractivity (Wildman–Crippen MR) is 83.9 cm³/mol. The van der Waals surface area contributed by atoms with Gasteiger partial charge in [0.2, 0.25) is 5.91 Å². The van der Waals surface area contributed by atoms with Crippen molar-refractivity contribution < 1.29 is 4.79 Å². The number of aromatic nitrogens is 1.